The van der Waals surface area contributed by atoms with E-state index >= 15 is 0 Å². The Hall–Kier alpha value is -3.64. The summed E-state index contributed by atoms with van der Waals surface area (Å²) in [5.74, 6) is -1.26. The van der Waals surface area contributed by atoms with Crippen LogP contribution in [0.5, 0.6) is 5.75 Å². The van der Waals surface area contributed by atoms with E-state index in [-0.39, 0.29) is 11.3 Å². The van der Waals surface area contributed by atoms with Crippen molar-refractivity contribution in [2.75, 3.05) is 11.5 Å². The Morgan fingerprint density at radius 2 is 1.91 bits per heavy atom. The predicted octanol–water partition coefficient (Wildman–Crippen LogP) is 5.46. The highest BCUT2D eigenvalue weighted by atomic mass is 35.5. The number of amides is 1. The van der Waals surface area contributed by atoms with Crippen molar-refractivity contribution in [2.24, 2.45) is 0 Å². The number of nitrogens with zero attached hydrogens (tertiary/aromatic N) is 2. The maximum Gasteiger partial charge on any atom is 0.300 e. The first-order valence-corrected chi connectivity index (χ1v) is 11.0. The number of ketones is 1. The Labute approximate surface area is 197 Å². The van der Waals surface area contributed by atoms with Crippen LogP contribution in [0.4, 0.5) is 5.69 Å². The fourth-order valence-electron chi connectivity index (χ4n) is 3.86. The summed E-state index contributed by atoms with van der Waals surface area (Å²) in [5, 5.41) is 11.7. The molecule has 1 atom stereocenters. The van der Waals surface area contributed by atoms with E-state index in [1.165, 1.54) is 4.90 Å². The maximum absolute atomic E-state index is 13.2. The molecule has 1 aromatic heterocycles. The van der Waals surface area contributed by atoms with Crippen LogP contribution in [0.15, 0.2) is 72.4 Å². The summed E-state index contributed by atoms with van der Waals surface area (Å²) in [6.07, 6.45) is 2.42. The minimum Gasteiger partial charge on any atom is -0.507 e. The van der Waals surface area contributed by atoms with E-state index in [9.17, 15) is 14.7 Å². The van der Waals surface area contributed by atoms with Crippen LogP contribution in [0.25, 0.3) is 5.76 Å². The van der Waals surface area contributed by atoms with Gasteiger partial charge < -0.3 is 9.84 Å². The van der Waals surface area contributed by atoms with Crippen LogP contribution in [0, 0.1) is 6.92 Å². The van der Waals surface area contributed by atoms with Gasteiger partial charge in [-0.3, -0.25) is 19.5 Å². The number of aromatic nitrogens is 1. The van der Waals surface area contributed by atoms with Gasteiger partial charge in [0.2, 0.25) is 0 Å². The van der Waals surface area contributed by atoms with Crippen LogP contribution in [0.3, 0.4) is 0 Å². The summed E-state index contributed by atoms with van der Waals surface area (Å²) >= 11 is 6.31. The van der Waals surface area contributed by atoms with Crippen LogP contribution < -0.4 is 9.64 Å². The Morgan fingerprint density at radius 1 is 1.12 bits per heavy atom. The molecule has 0 bridgehead atoms. The minimum atomic E-state index is -0.913. The number of hydrogen-bond acceptors (Lipinski definition) is 5. The van der Waals surface area contributed by atoms with Crippen LogP contribution in [-0.4, -0.2) is 28.4 Å². The quantitative estimate of drug-likeness (QED) is 0.299. The molecule has 1 fully saturated rings. The maximum atomic E-state index is 13.2. The van der Waals surface area contributed by atoms with Gasteiger partial charge in [-0.2, -0.15) is 0 Å². The molecule has 1 amide bonds. The van der Waals surface area contributed by atoms with Crippen molar-refractivity contribution in [2.45, 2.75) is 26.3 Å². The molecule has 0 aliphatic carbocycles. The first-order valence-electron chi connectivity index (χ1n) is 10.6. The van der Waals surface area contributed by atoms with Gasteiger partial charge in [0.15, 0.2) is 0 Å². The molecule has 1 saturated heterocycles. The SMILES string of the molecule is CCCOc1cccc(/C(O)=C2\C(=O)C(=O)N(c3cccc(Cl)c3C)C2c2ccccn2)c1. The average molecular weight is 463 g/mol. The average Bonchev–Trinajstić information content (AvgIpc) is 3.10. The summed E-state index contributed by atoms with van der Waals surface area (Å²) in [5.41, 5.74) is 1.93. The molecular formula is C26H23ClN2O4. The molecule has 1 aliphatic rings. The Bertz CT molecular complexity index is 1240. The number of hydrogen-bond donors (Lipinski definition) is 1. The molecule has 168 valence electrons. The van der Waals surface area contributed by atoms with Gasteiger partial charge >= 0.3 is 0 Å². The number of carbonyl (C=O) groups excluding carboxylic acids is 2. The van der Waals surface area contributed by atoms with Crippen molar-refractivity contribution >= 4 is 34.7 Å². The largest absolute Gasteiger partial charge is 0.507 e. The topological polar surface area (TPSA) is 79.7 Å². The molecule has 0 saturated carbocycles. The number of benzene rings is 2. The highest BCUT2D eigenvalue weighted by molar-refractivity contribution is 6.52. The second-order valence-corrected chi connectivity index (χ2v) is 8.09. The van der Waals surface area contributed by atoms with Gasteiger partial charge in [0.05, 0.1) is 17.9 Å². The van der Waals surface area contributed by atoms with E-state index in [0.29, 0.717) is 39.9 Å². The third-order valence-corrected chi connectivity index (χ3v) is 5.90. The van der Waals surface area contributed by atoms with Gasteiger partial charge in [-0.25, -0.2) is 0 Å². The standard InChI is InChI=1S/C26H23ClN2O4/c1-3-14-33-18-9-6-8-17(15-18)24(30)22-23(20-11-4-5-13-28-20)29(26(32)25(22)31)21-12-7-10-19(27)16(21)2/h4-13,15,23,30H,3,14H2,1-2H3/b24-22+. The molecule has 1 N–H and O–H groups in total. The summed E-state index contributed by atoms with van der Waals surface area (Å²) in [7, 11) is 0. The summed E-state index contributed by atoms with van der Waals surface area (Å²) in [4.78, 5) is 32.2. The second kappa shape index (κ2) is 9.46. The first kappa shape index (κ1) is 22.6. The molecule has 6 nitrogen and oxygen atoms in total. The molecule has 1 aliphatic heterocycles. The monoisotopic (exact) mass is 462 g/mol. The molecule has 7 heteroatoms. The highest BCUT2D eigenvalue weighted by Crippen LogP contribution is 2.43. The van der Waals surface area contributed by atoms with E-state index in [4.69, 9.17) is 16.3 Å². The van der Waals surface area contributed by atoms with Crippen molar-refractivity contribution in [1.82, 2.24) is 4.98 Å². The smallest absolute Gasteiger partial charge is 0.300 e. The number of Topliss-reactive ketones (excluding diaryl/α,β-unsaturated/α-hetero) is 1. The van der Waals surface area contributed by atoms with E-state index in [1.54, 1.807) is 73.8 Å². The normalized spacial score (nSPS) is 17.4. The second-order valence-electron chi connectivity index (χ2n) is 7.68. The number of anilines is 1. The highest BCUT2D eigenvalue weighted by Gasteiger charge is 2.48. The van der Waals surface area contributed by atoms with Crippen LogP contribution in [0.2, 0.25) is 5.02 Å². The summed E-state index contributed by atoms with van der Waals surface area (Å²) in [6, 6.07) is 16.3. The minimum absolute atomic E-state index is 0.0364. The van der Waals surface area contributed by atoms with Gasteiger partial charge in [-0.05, 0) is 55.3 Å². The molecule has 33 heavy (non-hydrogen) atoms. The third kappa shape index (κ3) is 4.22. The van der Waals surface area contributed by atoms with Crippen molar-refractivity contribution < 1.29 is 19.4 Å². The zero-order valence-corrected chi connectivity index (χ0v) is 19.0. The van der Waals surface area contributed by atoms with Crippen molar-refractivity contribution in [3.05, 3.63) is 94.3 Å². The lowest BCUT2D eigenvalue weighted by Gasteiger charge is -2.26. The molecule has 3 aromatic rings. The van der Waals surface area contributed by atoms with Gasteiger partial charge in [0, 0.05) is 22.5 Å². The van der Waals surface area contributed by atoms with E-state index < -0.39 is 17.7 Å². The molecule has 0 radical (unpaired) electrons. The molecular weight excluding hydrogens is 440 g/mol. The fraction of sp³-hybridized carbons (Fsp3) is 0.192. The first-order chi connectivity index (χ1) is 15.9. The molecule has 2 heterocycles. The predicted molar refractivity (Wildman–Crippen MR) is 127 cm³/mol. The van der Waals surface area contributed by atoms with Crippen LogP contribution in [0.1, 0.15) is 36.2 Å². The number of halogens is 1. The van der Waals surface area contributed by atoms with E-state index in [0.717, 1.165) is 6.42 Å². The van der Waals surface area contributed by atoms with E-state index in [2.05, 4.69) is 4.98 Å². The van der Waals surface area contributed by atoms with Crippen molar-refractivity contribution in [1.29, 1.82) is 0 Å². The zero-order chi connectivity index (χ0) is 23.5. The van der Waals surface area contributed by atoms with Gasteiger partial charge in [0.1, 0.15) is 17.6 Å². The van der Waals surface area contributed by atoms with Gasteiger partial charge in [-0.15, -0.1) is 0 Å². The molecule has 4 rings (SSSR count). The third-order valence-electron chi connectivity index (χ3n) is 5.49. The van der Waals surface area contributed by atoms with Crippen molar-refractivity contribution in [3.63, 3.8) is 0 Å². The van der Waals surface area contributed by atoms with Crippen LogP contribution in [-0.2, 0) is 9.59 Å². The number of rotatable bonds is 6. The van der Waals surface area contributed by atoms with Crippen molar-refractivity contribution in [3.8, 4) is 5.75 Å². The summed E-state index contributed by atoms with van der Waals surface area (Å²) < 4.78 is 5.66. The van der Waals surface area contributed by atoms with E-state index in [1.807, 2.05) is 6.92 Å². The fourth-order valence-corrected chi connectivity index (χ4v) is 4.03. The number of pyridine rings is 1. The van der Waals surface area contributed by atoms with Gasteiger partial charge in [-0.1, -0.05) is 42.8 Å². The number of aliphatic hydroxyl groups excluding tert-OH is 1. The molecule has 2 aromatic carbocycles. The summed E-state index contributed by atoms with van der Waals surface area (Å²) in [6.45, 7) is 4.30. The number of aliphatic hydroxyl groups is 1. The van der Waals surface area contributed by atoms with Gasteiger partial charge in [0.25, 0.3) is 11.7 Å². The number of ether oxygens (including phenoxy) is 1. The zero-order valence-electron chi connectivity index (χ0n) is 18.3. The molecule has 0 spiro atoms. The Morgan fingerprint density at radius 3 is 2.64 bits per heavy atom. The lowest BCUT2D eigenvalue weighted by Crippen LogP contribution is -2.30. The van der Waals surface area contributed by atoms with Crippen LogP contribution >= 0.6 is 11.6 Å². The Kier molecular flexibility index (Phi) is 6.47. The lowest BCUT2D eigenvalue weighted by atomic mass is 9.98. The lowest BCUT2D eigenvalue weighted by molar-refractivity contribution is -0.132. The molecule has 1 unspecified atom stereocenters. The number of carbonyl (C=O) groups is 2. The Balaban J connectivity index is 1.91.